The van der Waals surface area contributed by atoms with Gasteiger partial charge in [-0.3, -0.25) is 0 Å². The van der Waals surface area contributed by atoms with Crippen LogP contribution >= 0.6 is 0 Å². The van der Waals surface area contributed by atoms with E-state index in [-0.39, 0.29) is 11.1 Å². The first-order chi connectivity index (χ1) is 17.2. The van der Waals surface area contributed by atoms with E-state index in [1.54, 1.807) is 0 Å². The van der Waals surface area contributed by atoms with Crippen molar-refractivity contribution in [2.45, 2.75) is 124 Å². The van der Waals surface area contributed by atoms with Crippen LogP contribution in [0.1, 0.15) is 97.4 Å². The number of piperidine rings is 1. The normalized spacial score (nSPS) is 16.0. The van der Waals surface area contributed by atoms with Crippen LogP contribution in [0, 0.1) is 5.92 Å². The summed E-state index contributed by atoms with van der Waals surface area (Å²) in [6.07, 6.45) is 7.10. The molecular formula is C30H50N2O4Si. The molecule has 0 aliphatic carbocycles. The lowest BCUT2D eigenvalue weighted by Gasteiger charge is -2.36. The van der Waals surface area contributed by atoms with E-state index in [0.717, 1.165) is 74.7 Å². The summed E-state index contributed by atoms with van der Waals surface area (Å²) in [5, 5.41) is 5.82. The van der Waals surface area contributed by atoms with Gasteiger partial charge >= 0.3 is 6.09 Å². The molecule has 0 atom stereocenters. The summed E-state index contributed by atoms with van der Waals surface area (Å²) in [7, 11) is -1.89. The molecular weight excluding hydrogens is 480 g/mol. The number of carbonyl (C=O) groups excluding carboxylic acids is 1. The zero-order chi connectivity index (χ0) is 27.4. The van der Waals surface area contributed by atoms with E-state index < -0.39 is 13.9 Å². The zero-order valence-electron chi connectivity index (χ0n) is 24.8. The third-order valence-corrected chi connectivity index (χ3v) is 12.6. The molecule has 0 saturated carbocycles. The summed E-state index contributed by atoms with van der Waals surface area (Å²) in [5.41, 5.74) is 4.00. The summed E-state index contributed by atoms with van der Waals surface area (Å²) in [5.74, 6) is 0.579. The quantitative estimate of drug-likeness (QED) is 0.305. The Bertz CT molecular complexity index is 1040. The van der Waals surface area contributed by atoms with Gasteiger partial charge in [0, 0.05) is 24.0 Å². The van der Waals surface area contributed by atoms with Gasteiger partial charge in [-0.25, -0.2) is 4.79 Å². The second kappa shape index (κ2) is 11.9. The molecule has 1 aliphatic rings. The average Bonchev–Trinajstić information content (AvgIpc) is 3.22. The Balaban J connectivity index is 1.68. The maximum absolute atomic E-state index is 12.4. The highest BCUT2D eigenvalue weighted by Gasteiger charge is 2.37. The molecule has 0 spiro atoms. The van der Waals surface area contributed by atoms with E-state index >= 15 is 0 Å². The highest BCUT2D eigenvalue weighted by molar-refractivity contribution is 6.74. The van der Waals surface area contributed by atoms with Gasteiger partial charge in [-0.15, -0.1) is 0 Å². The number of rotatable bonds is 9. The minimum absolute atomic E-state index is 0.163. The predicted octanol–water partition coefficient (Wildman–Crippen LogP) is 8.27. The van der Waals surface area contributed by atoms with Crippen molar-refractivity contribution >= 4 is 25.4 Å². The zero-order valence-corrected chi connectivity index (χ0v) is 25.8. The minimum atomic E-state index is -1.89. The number of fused-ring (bicyclic) bond motifs is 1. The number of aromatic nitrogens is 1. The molecule has 6 nitrogen and oxygen atoms in total. The van der Waals surface area contributed by atoms with Crippen molar-refractivity contribution in [3.8, 4) is 0 Å². The molecule has 208 valence electrons. The molecule has 0 N–H and O–H groups in total. The van der Waals surface area contributed by atoms with Gasteiger partial charge in [-0.1, -0.05) is 45.3 Å². The van der Waals surface area contributed by atoms with Gasteiger partial charge in [-0.05, 0) is 95.0 Å². The molecule has 37 heavy (non-hydrogen) atoms. The van der Waals surface area contributed by atoms with Crippen molar-refractivity contribution in [2.75, 3.05) is 13.1 Å². The monoisotopic (exact) mass is 530 g/mol. The van der Waals surface area contributed by atoms with Crippen LogP contribution in [0.2, 0.25) is 18.1 Å². The summed E-state index contributed by atoms with van der Waals surface area (Å²) in [6, 6.07) is 4.47. The number of ether oxygens (including phenoxy) is 1. The Hall–Kier alpha value is -1.86. The Morgan fingerprint density at radius 1 is 1.11 bits per heavy atom. The van der Waals surface area contributed by atoms with Gasteiger partial charge in [0.2, 0.25) is 0 Å². The summed E-state index contributed by atoms with van der Waals surface area (Å²) >= 11 is 0. The number of amides is 1. The molecule has 1 aromatic carbocycles. The van der Waals surface area contributed by atoms with Crippen molar-refractivity contribution < 1.29 is 18.5 Å². The van der Waals surface area contributed by atoms with E-state index in [1.807, 2.05) is 25.7 Å². The van der Waals surface area contributed by atoms with Crippen molar-refractivity contribution in [3.05, 3.63) is 29.0 Å². The highest BCUT2D eigenvalue weighted by Crippen LogP contribution is 2.38. The van der Waals surface area contributed by atoms with E-state index in [0.29, 0.717) is 12.5 Å². The second-order valence-electron chi connectivity index (χ2n) is 13.3. The second-order valence-corrected chi connectivity index (χ2v) is 18.1. The SMILES string of the molecule is CCCCc1ccc2c(CCC3CCN(C(=O)OC(C)(C)C)CC3)noc2c1CO[Si](C)(C)C(C)(C)C. The lowest BCUT2D eigenvalue weighted by atomic mass is 9.91. The number of carbonyl (C=O) groups is 1. The number of hydrogen-bond donors (Lipinski definition) is 0. The van der Waals surface area contributed by atoms with Crippen LogP contribution < -0.4 is 0 Å². The lowest BCUT2D eigenvalue weighted by Crippen LogP contribution is -2.41. The number of likely N-dealkylation sites (tertiary alicyclic amines) is 1. The molecule has 0 radical (unpaired) electrons. The highest BCUT2D eigenvalue weighted by atomic mass is 28.4. The third-order valence-electron chi connectivity index (χ3n) is 8.15. The Kier molecular flexibility index (Phi) is 9.54. The van der Waals surface area contributed by atoms with Crippen molar-refractivity contribution in [2.24, 2.45) is 5.92 Å². The fourth-order valence-corrected chi connectivity index (χ4v) is 5.57. The van der Waals surface area contributed by atoms with Crippen LogP contribution in [0.25, 0.3) is 11.0 Å². The summed E-state index contributed by atoms with van der Waals surface area (Å²) < 4.78 is 18.2. The molecule has 1 amide bonds. The minimum Gasteiger partial charge on any atom is -0.444 e. The average molecular weight is 531 g/mol. The topological polar surface area (TPSA) is 64.8 Å². The van der Waals surface area contributed by atoms with Crippen molar-refractivity contribution in [3.63, 3.8) is 0 Å². The van der Waals surface area contributed by atoms with Crippen LogP contribution in [0.15, 0.2) is 16.7 Å². The van der Waals surface area contributed by atoms with Crippen LogP contribution in [-0.2, 0) is 28.6 Å². The standard InChI is InChI=1S/C30H50N2O4Si/c1-10-11-12-23-14-15-24-26(31-36-27(24)25(23)21-34-37(8,9)30(5,6)7)16-13-22-17-19-32(20-18-22)28(33)35-29(2,3)4/h14-15,22H,10-13,16-21H2,1-9H3. The molecule has 1 saturated heterocycles. The third kappa shape index (κ3) is 7.82. The Morgan fingerprint density at radius 2 is 1.78 bits per heavy atom. The van der Waals surface area contributed by atoms with Gasteiger partial charge in [0.1, 0.15) is 5.60 Å². The first kappa shape index (κ1) is 29.7. The first-order valence-corrected chi connectivity index (χ1v) is 17.1. The largest absolute Gasteiger partial charge is 0.444 e. The first-order valence-electron chi connectivity index (χ1n) is 14.2. The van der Waals surface area contributed by atoms with Crippen molar-refractivity contribution in [1.29, 1.82) is 0 Å². The maximum atomic E-state index is 12.4. The summed E-state index contributed by atoms with van der Waals surface area (Å²) in [6.45, 7) is 21.5. The molecule has 2 heterocycles. The molecule has 1 aliphatic heterocycles. The predicted molar refractivity (Wildman–Crippen MR) is 153 cm³/mol. The fraction of sp³-hybridized carbons (Fsp3) is 0.733. The molecule has 1 fully saturated rings. The maximum Gasteiger partial charge on any atom is 0.410 e. The van der Waals surface area contributed by atoms with Crippen LogP contribution in [0.4, 0.5) is 4.79 Å². The van der Waals surface area contributed by atoms with E-state index in [1.165, 1.54) is 11.1 Å². The van der Waals surface area contributed by atoms with Gasteiger partial charge in [0.05, 0.1) is 12.3 Å². The van der Waals surface area contributed by atoms with Gasteiger partial charge in [0.15, 0.2) is 13.9 Å². The molecule has 7 heteroatoms. The Labute approximate surface area is 225 Å². The van der Waals surface area contributed by atoms with Crippen LogP contribution in [-0.4, -0.2) is 43.2 Å². The molecule has 3 rings (SSSR count). The van der Waals surface area contributed by atoms with E-state index in [4.69, 9.17) is 13.7 Å². The van der Waals surface area contributed by atoms with Gasteiger partial charge in [0.25, 0.3) is 0 Å². The smallest absolute Gasteiger partial charge is 0.410 e. The molecule has 0 unspecified atom stereocenters. The van der Waals surface area contributed by atoms with Gasteiger partial charge in [-0.2, -0.15) is 0 Å². The Morgan fingerprint density at radius 3 is 2.38 bits per heavy atom. The molecule has 0 bridgehead atoms. The van der Waals surface area contributed by atoms with Crippen LogP contribution in [0.3, 0.4) is 0 Å². The lowest BCUT2D eigenvalue weighted by molar-refractivity contribution is 0.0181. The van der Waals surface area contributed by atoms with E-state index in [9.17, 15) is 4.79 Å². The number of hydrogen-bond acceptors (Lipinski definition) is 5. The van der Waals surface area contributed by atoms with E-state index in [2.05, 4.69) is 58.1 Å². The molecule has 2 aromatic rings. The number of nitrogens with zero attached hydrogens (tertiary/aromatic N) is 2. The fourth-order valence-electron chi connectivity index (χ4n) is 4.63. The number of aryl methyl sites for hydroxylation is 2. The number of unbranched alkanes of at least 4 members (excludes halogenated alkanes) is 1. The van der Waals surface area contributed by atoms with Crippen LogP contribution in [0.5, 0.6) is 0 Å². The van der Waals surface area contributed by atoms with Crippen molar-refractivity contribution in [1.82, 2.24) is 10.1 Å². The number of benzene rings is 1. The summed E-state index contributed by atoms with van der Waals surface area (Å²) in [4.78, 5) is 14.2. The van der Waals surface area contributed by atoms with Gasteiger partial charge < -0.3 is 18.6 Å². The molecule has 1 aromatic heterocycles.